The lowest BCUT2D eigenvalue weighted by atomic mass is 9.85. The van der Waals surface area contributed by atoms with Crippen LogP contribution in [-0.4, -0.2) is 20.1 Å². The Labute approximate surface area is 235 Å². The van der Waals surface area contributed by atoms with Crippen LogP contribution in [0.25, 0.3) is 0 Å². The summed E-state index contributed by atoms with van der Waals surface area (Å²) in [6.07, 6.45) is 0. The van der Waals surface area contributed by atoms with Gasteiger partial charge in [0.25, 0.3) is 0 Å². The molecule has 5 aromatic rings. The van der Waals surface area contributed by atoms with Gasteiger partial charge in [0.15, 0.2) is 7.14 Å². The average Bonchev–Trinajstić information content (AvgIpc) is 2.96. The quantitative estimate of drug-likeness (QED) is 0.156. The molecule has 0 bridgehead atoms. The summed E-state index contributed by atoms with van der Waals surface area (Å²) < 4.78 is 41.3. The molecule has 0 fully saturated rings. The summed E-state index contributed by atoms with van der Waals surface area (Å²) in [4.78, 5) is -0.207. The Kier molecular flexibility index (Phi) is 9.70. The molecule has 0 amide bonds. The molecular weight excluding hydrogens is 607 g/mol. The minimum atomic E-state index is -4.42. The maximum atomic E-state index is 11.1. The average molecular weight is 635 g/mol. The molecule has 192 valence electrons. The number of benzene rings is 5. The van der Waals surface area contributed by atoms with E-state index in [1.54, 1.807) is 19.2 Å². The van der Waals surface area contributed by atoms with Crippen LogP contribution in [-0.2, 0) is 10.1 Å². The van der Waals surface area contributed by atoms with E-state index in [4.69, 9.17) is 4.74 Å². The fourth-order valence-electron chi connectivity index (χ4n) is 3.93. The Bertz CT molecular complexity index is 1470. The maximum absolute atomic E-state index is 11.1. The van der Waals surface area contributed by atoms with E-state index in [9.17, 15) is 13.0 Å². The zero-order valence-corrected chi connectivity index (χ0v) is 23.7. The molecule has 0 radical (unpaired) electrons. The van der Waals surface area contributed by atoms with Gasteiger partial charge >= 0.3 is 21.2 Å². The number of rotatable bonds is 7. The molecular formula is C32H27IO4S. The predicted molar refractivity (Wildman–Crippen MR) is 145 cm³/mol. The largest absolute Gasteiger partial charge is 0.744 e. The van der Waals surface area contributed by atoms with Gasteiger partial charge in [0.05, 0.1) is 12.0 Å². The molecule has 5 aromatic carbocycles. The molecule has 0 unspecified atom stereocenters. The highest BCUT2D eigenvalue weighted by molar-refractivity contribution is 7.85. The zero-order valence-electron chi connectivity index (χ0n) is 20.8. The van der Waals surface area contributed by atoms with Crippen molar-refractivity contribution in [1.82, 2.24) is 0 Å². The molecule has 0 aliphatic heterocycles. The van der Waals surface area contributed by atoms with Gasteiger partial charge in [-0.25, -0.2) is 8.42 Å². The molecule has 0 aliphatic rings. The van der Waals surface area contributed by atoms with Crippen LogP contribution in [0.3, 0.4) is 0 Å². The van der Waals surface area contributed by atoms with E-state index in [0.29, 0.717) is 0 Å². The van der Waals surface area contributed by atoms with Crippen molar-refractivity contribution < 1.29 is 38.9 Å². The highest BCUT2D eigenvalue weighted by atomic mass is 127. The second kappa shape index (κ2) is 13.4. The molecule has 0 heterocycles. The highest BCUT2D eigenvalue weighted by Crippen LogP contribution is 2.32. The van der Waals surface area contributed by atoms with E-state index in [0.717, 1.165) is 22.4 Å². The van der Waals surface area contributed by atoms with Gasteiger partial charge in [0.2, 0.25) is 0 Å². The van der Waals surface area contributed by atoms with E-state index < -0.39 is 10.1 Å². The Morgan fingerprint density at radius 2 is 1.00 bits per heavy atom. The van der Waals surface area contributed by atoms with E-state index >= 15 is 0 Å². The maximum Gasteiger partial charge on any atom is 0.357 e. The standard InChI is InChI=1S/C19H16O3S.C13H12IO/c20-23(21,22)18-13-11-17(12-14-18)19(15-7-3-1-4-8-15)16-9-5-2-6-10-16;1-15-13-9-7-12(8-10-13)14-11-5-3-2-4-6-11/h1-14,19H,(H,20,21,22);2-10H,1H3/q;+1/p-1. The number of methoxy groups -OCH3 is 1. The van der Waals surface area contributed by atoms with E-state index in [1.165, 1.54) is 19.3 Å². The summed E-state index contributed by atoms with van der Waals surface area (Å²) >= 11 is -0.0449. The van der Waals surface area contributed by atoms with E-state index in [2.05, 4.69) is 42.5 Å². The number of halogens is 1. The predicted octanol–water partition coefficient (Wildman–Crippen LogP) is 3.59. The summed E-state index contributed by atoms with van der Waals surface area (Å²) in [5.41, 5.74) is 3.16. The molecule has 0 atom stereocenters. The minimum Gasteiger partial charge on any atom is -0.744 e. The number of hydrogen-bond donors (Lipinski definition) is 0. The van der Waals surface area contributed by atoms with E-state index in [-0.39, 0.29) is 32.0 Å². The first-order chi connectivity index (χ1) is 18.4. The Balaban J connectivity index is 0.000000194. The van der Waals surface area contributed by atoms with Crippen LogP contribution in [0.4, 0.5) is 0 Å². The van der Waals surface area contributed by atoms with Crippen LogP contribution in [0.1, 0.15) is 22.6 Å². The monoisotopic (exact) mass is 634 g/mol. The summed E-state index contributed by atoms with van der Waals surface area (Å²) in [6, 6.07) is 45.1. The van der Waals surface area contributed by atoms with Gasteiger partial charge in [0.1, 0.15) is 15.9 Å². The molecule has 0 aromatic heterocycles. The van der Waals surface area contributed by atoms with Crippen molar-refractivity contribution in [3.8, 4) is 5.75 Å². The third kappa shape index (κ3) is 7.77. The van der Waals surface area contributed by atoms with Gasteiger partial charge in [0, 0.05) is 5.92 Å². The summed E-state index contributed by atoms with van der Waals surface area (Å²) in [6.45, 7) is 0. The molecule has 38 heavy (non-hydrogen) atoms. The van der Waals surface area contributed by atoms with Crippen molar-refractivity contribution >= 4 is 10.1 Å². The normalized spacial score (nSPS) is 10.9. The van der Waals surface area contributed by atoms with Crippen LogP contribution >= 0.6 is 0 Å². The van der Waals surface area contributed by atoms with Crippen LogP contribution in [0.15, 0.2) is 144 Å². The molecule has 4 nitrogen and oxygen atoms in total. The summed E-state index contributed by atoms with van der Waals surface area (Å²) in [5.74, 6) is 0.914. The summed E-state index contributed by atoms with van der Waals surface area (Å²) in [5, 5.41) is 0. The highest BCUT2D eigenvalue weighted by Gasteiger charge is 2.17. The van der Waals surface area contributed by atoms with Crippen molar-refractivity contribution in [2.75, 3.05) is 7.11 Å². The van der Waals surface area contributed by atoms with Crippen molar-refractivity contribution in [2.45, 2.75) is 10.8 Å². The third-order valence-electron chi connectivity index (χ3n) is 5.77. The number of hydrogen-bond acceptors (Lipinski definition) is 4. The smallest absolute Gasteiger partial charge is 0.357 e. The molecule has 0 aliphatic carbocycles. The Hall–Kier alpha value is -3.46. The van der Waals surface area contributed by atoms with Crippen LogP contribution in [0.5, 0.6) is 5.75 Å². The molecule has 0 saturated heterocycles. The lowest BCUT2D eigenvalue weighted by molar-refractivity contribution is -0.597. The van der Waals surface area contributed by atoms with Gasteiger partial charge < -0.3 is 9.29 Å². The first-order valence-corrected chi connectivity index (χ1v) is 15.5. The zero-order chi connectivity index (χ0) is 26.8. The second-order valence-corrected chi connectivity index (χ2v) is 12.7. The van der Waals surface area contributed by atoms with Crippen molar-refractivity contribution in [1.29, 1.82) is 0 Å². The van der Waals surface area contributed by atoms with Gasteiger partial charge in [-0.2, -0.15) is 0 Å². The van der Waals surface area contributed by atoms with Gasteiger partial charge in [-0.3, -0.25) is 0 Å². The lowest BCUT2D eigenvalue weighted by Gasteiger charge is -2.19. The minimum absolute atomic E-state index is 0.0131. The molecule has 6 heteroatoms. The van der Waals surface area contributed by atoms with Crippen molar-refractivity contribution in [2.24, 2.45) is 0 Å². The second-order valence-electron chi connectivity index (χ2n) is 8.33. The van der Waals surface area contributed by atoms with Gasteiger partial charge in [-0.05, 0) is 65.2 Å². The fourth-order valence-corrected chi connectivity index (χ4v) is 6.62. The fraction of sp³-hybridized carbons (Fsp3) is 0.0625. The first kappa shape index (κ1) is 27.6. The molecule has 0 saturated carbocycles. The van der Waals surface area contributed by atoms with Crippen molar-refractivity contribution in [3.05, 3.63) is 163 Å². The third-order valence-corrected chi connectivity index (χ3v) is 9.30. The first-order valence-electron chi connectivity index (χ1n) is 11.9. The van der Waals surface area contributed by atoms with Gasteiger partial charge in [-0.15, -0.1) is 0 Å². The number of ether oxygens (including phenoxy) is 1. The van der Waals surface area contributed by atoms with Crippen LogP contribution in [0.2, 0.25) is 0 Å². The topological polar surface area (TPSA) is 66.4 Å². The Morgan fingerprint density at radius 1 is 0.579 bits per heavy atom. The Morgan fingerprint density at radius 3 is 1.45 bits per heavy atom. The summed E-state index contributed by atoms with van der Waals surface area (Å²) in [7, 11) is -2.73. The van der Waals surface area contributed by atoms with E-state index in [1.807, 2.05) is 72.8 Å². The molecule has 0 spiro atoms. The SMILES string of the molecule is COc1ccc([I+]c2ccccc2)cc1.O=S(=O)([O-])c1ccc(C(c2ccccc2)c2ccccc2)cc1. The lowest BCUT2D eigenvalue weighted by Crippen LogP contribution is -3.61. The van der Waals surface area contributed by atoms with Crippen molar-refractivity contribution in [3.63, 3.8) is 0 Å². The van der Waals surface area contributed by atoms with Gasteiger partial charge in [-0.1, -0.05) is 91.0 Å². The molecule has 0 N–H and O–H groups in total. The van der Waals surface area contributed by atoms with Crippen LogP contribution < -0.4 is 25.9 Å². The van der Waals surface area contributed by atoms with Crippen LogP contribution in [0, 0.1) is 7.14 Å². The molecule has 5 rings (SSSR count).